The number of aromatic nitrogens is 1. The molecule has 49 heavy (non-hydrogen) atoms. The minimum atomic E-state index is -0.384. The van der Waals surface area contributed by atoms with Crippen molar-refractivity contribution in [1.29, 1.82) is 0 Å². The Morgan fingerprint density at radius 3 is 2.47 bits per heavy atom. The maximum absolute atomic E-state index is 13.6. The smallest absolute Gasteiger partial charge is 0.220 e. The van der Waals surface area contributed by atoms with Gasteiger partial charge in [-0.05, 0) is 78.1 Å². The molecule has 0 spiro atoms. The molecule has 0 saturated heterocycles. The fourth-order valence-corrected chi connectivity index (χ4v) is 6.82. The van der Waals surface area contributed by atoms with Crippen LogP contribution in [0.25, 0.3) is 22.0 Å². The average Bonchev–Trinajstić information content (AvgIpc) is 3.23. The van der Waals surface area contributed by atoms with Gasteiger partial charge in [-0.15, -0.1) is 0 Å². The predicted molar refractivity (Wildman–Crippen MR) is 194 cm³/mol. The first-order valence-corrected chi connectivity index (χ1v) is 17.0. The third-order valence-corrected chi connectivity index (χ3v) is 8.96. The number of aryl methyl sites for hydroxylation is 1. The monoisotopic (exact) mass is 668 g/mol. The Kier molecular flexibility index (Phi) is 11.5. The summed E-state index contributed by atoms with van der Waals surface area (Å²) in [6, 6.07) is 15.2. The van der Waals surface area contributed by atoms with Crippen LogP contribution in [0.3, 0.4) is 0 Å². The predicted octanol–water partition coefficient (Wildman–Crippen LogP) is 6.02. The van der Waals surface area contributed by atoms with E-state index in [1.165, 1.54) is 23.4 Å². The lowest BCUT2D eigenvalue weighted by Crippen LogP contribution is -2.26. The number of carbonyl (C=O) groups excluding carboxylic acids is 2. The molecule has 1 atom stereocenters. The van der Waals surface area contributed by atoms with E-state index >= 15 is 0 Å². The van der Waals surface area contributed by atoms with Gasteiger partial charge in [0.05, 0.1) is 33.1 Å². The van der Waals surface area contributed by atoms with Gasteiger partial charge in [0.15, 0.2) is 11.5 Å². The SMILES string of the molecule is COc1cc2c(c(OC)c1OC)-c1ccc(NCCCC(=O)NCCc3cn(CC(C)C)c4ccccc34)c(=O)cc1[C@@H](NC(C)=O)CC2. The van der Waals surface area contributed by atoms with Crippen molar-refractivity contribution in [2.45, 2.75) is 65.5 Å². The van der Waals surface area contributed by atoms with Crippen molar-refractivity contribution in [3.63, 3.8) is 0 Å². The van der Waals surface area contributed by atoms with Crippen molar-refractivity contribution < 1.29 is 23.8 Å². The van der Waals surface area contributed by atoms with E-state index in [0.717, 1.165) is 29.7 Å². The maximum atomic E-state index is 13.6. The zero-order chi connectivity index (χ0) is 35.1. The van der Waals surface area contributed by atoms with Crippen LogP contribution < -0.4 is 35.6 Å². The fraction of sp³-hybridized carbons (Fsp3) is 0.410. The second kappa shape index (κ2) is 15.9. The first kappa shape index (κ1) is 35.3. The number of para-hydroxylation sites is 1. The molecule has 0 unspecified atom stereocenters. The van der Waals surface area contributed by atoms with Crippen molar-refractivity contribution in [1.82, 2.24) is 15.2 Å². The van der Waals surface area contributed by atoms with Gasteiger partial charge in [-0.3, -0.25) is 14.4 Å². The Balaban J connectivity index is 1.27. The van der Waals surface area contributed by atoms with Crippen LogP contribution in [0.1, 0.15) is 62.8 Å². The molecule has 1 heterocycles. The standard InChI is InChI=1S/C39H48N4O6/c1-24(2)22-43-23-27(28-10-7-8-11-33(28)43)17-19-41-36(46)12-9-18-40-32-16-14-29-30(21-34(32)45)31(42-25(3)44)15-13-26-20-35(47-4)38(48-5)39(49-6)37(26)29/h7-8,10-11,14,16,20-21,23-24,31H,9,12-13,15,17-19,22H2,1-6H3,(H,40,45)(H,41,46)(H,42,44)/t31-/m0/s1. The highest BCUT2D eigenvalue weighted by molar-refractivity contribution is 5.85. The lowest BCUT2D eigenvalue weighted by Gasteiger charge is -2.19. The van der Waals surface area contributed by atoms with Gasteiger partial charge in [-0.25, -0.2) is 0 Å². The fourth-order valence-electron chi connectivity index (χ4n) is 6.82. The minimum absolute atomic E-state index is 0.0216. The lowest BCUT2D eigenvalue weighted by molar-refractivity contribution is -0.121. The summed E-state index contributed by atoms with van der Waals surface area (Å²) in [7, 11) is 4.71. The summed E-state index contributed by atoms with van der Waals surface area (Å²) < 4.78 is 19.4. The van der Waals surface area contributed by atoms with Gasteiger partial charge in [-0.2, -0.15) is 0 Å². The van der Waals surface area contributed by atoms with Gasteiger partial charge < -0.3 is 34.7 Å². The Morgan fingerprint density at radius 1 is 0.980 bits per heavy atom. The number of benzene rings is 2. The van der Waals surface area contributed by atoms with Crippen LogP contribution >= 0.6 is 0 Å². The van der Waals surface area contributed by atoms with Crippen molar-refractivity contribution in [2.75, 3.05) is 39.7 Å². The first-order chi connectivity index (χ1) is 23.6. The molecule has 3 N–H and O–H groups in total. The summed E-state index contributed by atoms with van der Waals surface area (Å²) in [6.07, 6.45) is 5.06. The lowest BCUT2D eigenvalue weighted by atomic mass is 9.95. The topological polar surface area (TPSA) is 120 Å². The first-order valence-electron chi connectivity index (χ1n) is 17.0. The molecule has 0 aliphatic heterocycles. The number of nitrogens with one attached hydrogen (secondary N) is 3. The van der Waals surface area contributed by atoms with E-state index < -0.39 is 0 Å². The summed E-state index contributed by atoms with van der Waals surface area (Å²) >= 11 is 0. The van der Waals surface area contributed by atoms with E-state index in [-0.39, 0.29) is 23.3 Å². The summed E-state index contributed by atoms with van der Waals surface area (Å²) in [5.74, 6) is 1.84. The average molecular weight is 669 g/mol. The van der Waals surface area contributed by atoms with Gasteiger partial charge in [0.1, 0.15) is 0 Å². The van der Waals surface area contributed by atoms with Crippen LogP contribution in [-0.4, -0.2) is 50.8 Å². The summed E-state index contributed by atoms with van der Waals surface area (Å²) in [5, 5.41) is 10.6. The Labute approximate surface area is 288 Å². The number of fused-ring (bicyclic) bond motifs is 4. The number of hydrogen-bond donors (Lipinski definition) is 3. The van der Waals surface area contributed by atoms with Gasteiger partial charge >= 0.3 is 0 Å². The van der Waals surface area contributed by atoms with Crippen LogP contribution in [0.5, 0.6) is 17.2 Å². The zero-order valence-corrected chi connectivity index (χ0v) is 29.4. The highest BCUT2D eigenvalue weighted by atomic mass is 16.5. The zero-order valence-electron chi connectivity index (χ0n) is 29.4. The van der Waals surface area contributed by atoms with E-state index in [1.54, 1.807) is 33.5 Å². The van der Waals surface area contributed by atoms with Crippen molar-refractivity contribution in [3.05, 3.63) is 81.6 Å². The highest BCUT2D eigenvalue weighted by Crippen LogP contribution is 2.50. The van der Waals surface area contributed by atoms with Gasteiger partial charge in [0.2, 0.25) is 23.0 Å². The van der Waals surface area contributed by atoms with E-state index in [9.17, 15) is 14.4 Å². The van der Waals surface area contributed by atoms with Crippen molar-refractivity contribution in [2.24, 2.45) is 5.92 Å². The molecule has 0 radical (unpaired) electrons. The Hall–Kier alpha value is -4.99. The third-order valence-electron chi connectivity index (χ3n) is 8.96. The minimum Gasteiger partial charge on any atom is -0.493 e. The van der Waals surface area contributed by atoms with Crippen LogP contribution in [0.2, 0.25) is 0 Å². The molecule has 3 aromatic carbocycles. The van der Waals surface area contributed by atoms with Crippen LogP contribution in [0, 0.1) is 5.92 Å². The van der Waals surface area contributed by atoms with Crippen LogP contribution in [-0.2, 0) is 29.0 Å². The number of hydrogen-bond acceptors (Lipinski definition) is 7. The van der Waals surface area contributed by atoms with Crippen LogP contribution in [0.4, 0.5) is 5.69 Å². The second-order valence-corrected chi connectivity index (χ2v) is 12.9. The molecular formula is C39H48N4O6. The second-order valence-electron chi connectivity index (χ2n) is 12.9. The molecule has 2 amide bonds. The largest absolute Gasteiger partial charge is 0.493 e. The van der Waals surface area contributed by atoms with Gasteiger partial charge in [-0.1, -0.05) is 38.1 Å². The van der Waals surface area contributed by atoms with E-state index in [2.05, 4.69) is 64.8 Å². The molecule has 0 fully saturated rings. The van der Waals surface area contributed by atoms with Crippen molar-refractivity contribution >= 4 is 28.4 Å². The Morgan fingerprint density at radius 2 is 1.76 bits per heavy atom. The molecule has 10 heteroatoms. The molecule has 1 aromatic heterocycles. The number of amides is 2. The normalized spacial score (nSPS) is 13.7. The summed E-state index contributed by atoms with van der Waals surface area (Å²) in [4.78, 5) is 38.5. The molecule has 4 aromatic rings. The van der Waals surface area contributed by atoms with Crippen LogP contribution in [0.15, 0.2) is 59.5 Å². The molecule has 10 nitrogen and oxygen atoms in total. The Bertz CT molecular complexity index is 1880. The molecular weight excluding hydrogens is 620 g/mol. The van der Waals surface area contributed by atoms with E-state index in [4.69, 9.17) is 14.2 Å². The number of nitrogens with zero attached hydrogens (tertiary/aromatic N) is 1. The number of anilines is 1. The number of methoxy groups -OCH3 is 3. The maximum Gasteiger partial charge on any atom is 0.220 e. The molecule has 0 saturated carbocycles. The molecule has 5 rings (SSSR count). The molecule has 1 aliphatic rings. The molecule has 0 bridgehead atoms. The number of rotatable bonds is 14. The quantitative estimate of drug-likeness (QED) is 0.141. The summed E-state index contributed by atoms with van der Waals surface area (Å²) in [6.45, 7) is 7.85. The molecule has 260 valence electrons. The molecule has 1 aliphatic carbocycles. The van der Waals surface area contributed by atoms with Crippen molar-refractivity contribution in [3.8, 4) is 28.4 Å². The summed E-state index contributed by atoms with van der Waals surface area (Å²) in [5.41, 5.74) is 5.88. The van der Waals surface area contributed by atoms with Gasteiger partial charge in [0, 0.05) is 55.6 Å². The number of carbonyl (C=O) groups is 2. The van der Waals surface area contributed by atoms with E-state index in [0.29, 0.717) is 73.2 Å². The van der Waals surface area contributed by atoms with Gasteiger partial charge in [0.25, 0.3) is 0 Å². The van der Waals surface area contributed by atoms with E-state index in [1.807, 2.05) is 12.1 Å². The third kappa shape index (κ3) is 8.01. The highest BCUT2D eigenvalue weighted by Gasteiger charge is 2.29. The number of ether oxygens (including phenoxy) is 3.